The summed E-state index contributed by atoms with van der Waals surface area (Å²) in [6, 6.07) is 13.2. The lowest BCUT2D eigenvalue weighted by atomic mass is 9.97. The molecule has 0 fully saturated rings. The van der Waals surface area contributed by atoms with Crippen LogP contribution in [0, 0.1) is 5.82 Å². The van der Waals surface area contributed by atoms with E-state index in [1.807, 2.05) is 12.1 Å². The summed E-state index contributed by atoms with van der Waals surface area (Å²) in [6.07, 6.45) is 0.597. The second-order valence-corrected chi connectivity index (χ2v) is 4.92. The van der Waals surface area contributed by atoms with Crippen LogP contribution in [-0.2, 0) is 0 Å². The van der Waals surface area contributed by atoms with Gasteiger partial charge in [-0.1, -0.05) is 29.8 Å². The van der Waals surface area contributed by atoms with E-state index in [1.165, 1.54) is 18.2 Å². The molecule has 20 heavy (non-hydrogen) atoms. The van der Waals surface area contributed by atoms with Crippen LogP contribution in [0.3, 0.4) is 0 Å². The average molecular weight is 288 g/mol. The van der Waals surface area contributed by atoms with Crippen molar-refractivity contribution in [2.75, 3.05) is 0 Å². The first-order valence-electron chi connectivity index (χ1n) is 6.13. The van der Waals surface area contributed by atoms with Crippen LogP contribution in [0.4, 0.5) is 4.39 Å². The number of benzene rings is 2. The summed E-state index contributed by atoms with van der Waals surface area (Å²) in [6.45, 7) is 0. The molecule has 0 aliphatic rings. The van der Waals surface area contributed by atoms with Gasteiger partial charge in [0.05, 0.1) is 5.52 Å². The van der Waals surface area contributed by atoms with Gasteiger partial charge in [-0.2, -0.15) is 0 Å². The van der Waals surface area contributed by atoms with Crippen LogP contribution in [-0.4, -0.2) is 10.1 Å². The largest absolute Gasteiger partial charge is 0.384 e. The van der Waals surface area contributed by atoms with Crippen LogP contribution in [0.1, 0.15) is 17.2 Å². The average Bonchev–Trinajstić information content (AvgIpc) is 2.48. The second kappa shape index (κ2) is 5.19. The quantitative estimate of drug-likeness (QED) is 0.769. The maximum absolute atomic E-state index is 13.9. The molecular weight excluding hydrogens is 277 g/mol. The molecule has 2 nitrogen and oxygen atoms in total. The van der Waals surface area contributed by atoms with Crippen LogP contribution >= 0.6 is 11.6 Å². The van der Waals surface area contributed by atoms with Gasteiger partial charge in [0, 0.05) is 22.2 Å². The van der Waals surface area contributed by atoms with Gasteiger partial charge in [-0.25, -0.2) is 4.39 Å². The first-order chi connectivity index (χ1) is 9.66. The van der Waals surface area contributed by atoms with Crippen molar-refractivity contribution in [3.63, 3.8) is 0 Å². The molecule has 3 aromatic rings. The summed E-state index contributed by atoms with van der Waals surface area (Å²) in [7, 11) is 0. The van der Waals surface area contributed by atoms with E-state index in [0.29, 0.717) is 10.6 Å². The maximum Gasteiger partial charge on any atom is 0.129 e. The number of pyridine rings is 1. The van der Waals surface area contributed by atoms with Crippen molar-refractivity contribution in [2.45, 2.75) is 6.10 Å². The zero-order chi connectivity index (χ0) is 14.1. The predicted molar refractivity (Wildman–Crippen MR) is 77.2 cm³/mol. The Balaban J connectivity index is 2.17. The van der Waals surface area contributed by atoms with E-state index in [-0.39, 0.29) is 5.56 Å². The van der Waals surface area contributed by atoms with Gasteiger partial charge < -0.3 is 5.11 Å². The lowest BCUT2D eigenvalue weighted by Gasteiger charge is -2.15. The zero-order valence-electron chi connectivity index (χ0n) is 10.4. The first-order valence-corrected chi connectivity index (χ1v) is 6.51. The van der Waals surface area contributed by atoms with Crippen LogP contribution in [0.15, 0.2) is 54.7 Å². The highest BCUT2D eigenvalue weighted by Gasteiger charge is 2.17. The van der Waals surface area contributed by atoms with Gasteiger partial charge in [0.1, 0.15) is 11.9 Å². The molecule has 2 aromatic carbocycles. The summed E-state index contributed by atoms with van der Waals surface area (Å²) >= 11 is 5.88. The lowest BCUT2D eigenvalue weighted by Crippen LogP contribution is -2.03. The molecule has 4 heteroatoms. The number of aliphatic hydroxyl groups is 1. The third kappa shape index (κ3) is 2.26. The van der Waals surface area contributed by atoms with E-state index >= 15 is 0 Å². The van der Waals surface area contributed by atoms with Crippen molar-refractivity contribution >= 4 is 22.5 Å². The first kappa shape index (κ1) is 13.0. The van der Waals surface area contributed by atoms with Gasteiger partial charge in [-0.05, 0) is 35.9 Å². The molecule has 0 spiro atoms. The topological polar surface area (TPSA) is 33.1 Å². The molecule has 0 radical (unpaired) electrons. The van der Waals surface area contributed by atoms with Crippen LogP contribution in [0.25, 0.3) is 10.9 Å². The molecule has 1 heterocycles. The van der Waals surface area contributed by atoms with Gasteiger partial charge in [-0.3, -0.25) is 4.98 Å². The molecule has 3 rings (SSSR count). The van der Waals surface area contributed by atoms with Gasteiger partial charge in [0.2, 0.25) is 0 Å². The van der Waals surface area contributed by atoms with Gasteiger partial charge in [0.25, 0.3) is 0 Å². The molecule has 0 bridgehead atoms. The standard InChI is InChI=1S/C16H11ClFNO/c17-10-6-7-14(18)13(9-10)16(20)12-3-1-5-15-11(12)4-2-8-19-15/h1-9,16,20H. The lowest BCUT2D eigenvalue weighted by molar-refractivity contribution is 0.216. The van der Waals surface area contributed by atoms with E-state index in [4.69, 9.17) is 11.6 Å². The Kier molecular flexibility index (Phi) is 3.38. The molecule has 100 valence electrons. The van der Waals surface area contributed by atoms with E-state index in [2.05, 4.69) is 4.98 Å². The number of hydrogen-bond donors (Lipinski definition) is 1. The molecule has 1 atom stereocenters. The maximum atomic E-state index is 13.9. The molecule has 1 N–H and O–H groups in total. The van der Waals surface area contributed by atoms with Gasteiger partial charge in [-0.15, -0.1) is 0 Å². The summed E-state index contributed by atoms with van der Waals surface area (Å²) in [5, 5.41) is 11.6. The second-order valence-electron chi connectivity index (χ2n) is 4.49. The van der Waals surface area contributed by atoms with Crippen molar-refractivity contribution in [2.24, 2.45) is 0 Å². The van der Waals surface area contributed by atoms with Crippen molar-refractivity contribution in [1.82, 2.24) is 4.98 Å². The number of halogens is 2. The Morgan fingerprint density at radius 1 is 1.05 bits per heavy atom. The smallest absolute Gasteiger partial charge is 0.129 e. The minimum absolute atomic E-state index is 0.161. The normalized spacial score (nSPS) is 12.6. The molecular formula is C16H11ClFNO. The molecule has 0 amide bonds. The van der Waals surface area contributed by atoms with Crippen LogP contribution in [0.5, 0.6) is 0 Å². The monoisotopic (exact) mass is 287 g/mol. The van der Waals surface area contributed by atoms with E-state index in [0.717, 1.165) is 10.9 Å². The third-order valence-corrected chi connectivity index (χ3v) is 3.46. The Morgan fingerprint density at radius 3 is 2.75 bits per heavy atom. The van der Waals surface area contributed by atoms with E-state index < -0.39 is 11.9 Å². The summed E-state index contributed by atoms with van der Waals surface area (Å²) in [4.78, 5) is 4.23. The third-order valence-electron chi connectivity index (χ3n) is 3.23. The molecule has 0 saturated carbocycles. The van der Waals surface area contributed by atoms with Crippen molar-refractivity contribution in [1.29, 1.82) is 0 Å². The Hall–Kier alpha value is -1.97. The number of rotatable bonds is 2. The summed E-state index contributed by atoms with van der Waals surface area (Å²) < 4.78 is 13.9. The fourth-order valence-electron chi connectivity index (χ4n) is 2.26. The Labute approximate surface area is 120 Å². The van der Waals surface area contributed by atoms with Crippen molar-refractivity contribution in [3.8, 4) is 0 Å². The number of aliphatic hydroxyl groups excluding tert-OH is 1. The number of nitrogens with zero attached hydrogens (tertiary/aromatic N) is 1. The van der Waals surface area contributed by atoms with Crippen LogP contribution < -0.4 is 0 Å². The van der Waals surface area contributed by atoms with Crippen LogP contribution in [0.2, 0.25) is 5.02 Å². The minimum atomic E-state index is -1.08. The molecule has 0 saturated heterocycles. The predicted octanol–water partition coefficient (Wildman–Crippen LogP) is 4.11. The number of hydrogen-bond acceptors (Lipinski definition) is 2. The molecule has 1 unspecified atom stereocenters. The van der Waals surface area contributed by atoms with E-state index in [9.17, 15) is 9.50 Å². The highest BCUT2D eigenvalue weighted by Crippen LogP contribution is 2.30. The fourth-order valence-corrected chi connectivity index (χ4v) is 2.44. The zero-order valence-corrected chi connectivity index (χ0v) is 11.2. The summed E-state index contributed by atoms with van der Waals surface area (Å²) in [5.41, 5.74) is 1.53. The highest BCUT2D eigenvalue weighted by atomic mass is 35.5. The molecule has 0 aliphatic carbocycles. The van der Waals surface area contributed by atoms with Crippen molar-refractivity contribution in [3.05, 3.63) is 76.7 Å². The minimum Gasteiger partial charge on any atom is -0.384 e. The Bertz CT molecular complexity index is 770. The van der Waals surface area contributed by atoms with E-state index in [1.54, 1.807) is 24.4 Å². The van der Waals surface area contributed by atoms with Crippen molar-refractivity contribution < 1.29 is 9.50 Å². The number of aromatic nitrogens is 1. The van der Waals surface area contributed by atoms with Gasteiger partial charge >= 0.3 is 0 Å². The molecule has 1 aromatic heterocycles. The Morgan fingerprint density at radius 2 is 1.90 bits per heavy atom. The van der Waals surface area contributed by atoms with Gasteiger partial charge in [0.15, 0.2) is 0 Å². The summed E-state index contributed by atoms with van der Waals surface area (Å²) in [5.74, 6) is -0.484. The number of fused-ring (bicyclic) bond motifs is 1. The highest BCUT2D eigenvalue weighted by molar-refractivity contribution is 6.30. The molecule has 0 aliphatic heterocycles. The fraction of sp³-hybridized carbons (Fsp3) is 0.0625. The SMILES string of the molecule is OC(c1cc(Cl)ccc1F)c1cccc2ncccc12.